The summed E-state index contributed by atoms with van der Waals surface area (Å²) in [6.45, 7) is 1.90. The summed E-state index contributed by atoms with van der Waals surface area (Å²) < 4.78 is 5.25. The maximum atomic E-state index is 12.2. The highest BCUT2D eigenvalue weighted by Gasteiger charge is 2.23. The van der Waals surface area contributed by atoms with E-state index in [4.69, 9.17) is 4.74 Å². The molecule has 4 aromatic rings. The van der Waals surface area contributed by atoms with Gasteiger partial charge in [-0.25, -0.2) is 0 Å². The van der Waals surface area contributed by atoms with Crippen molar-refractivity contribution in [2.75, 3.05) is 17.7 Å². The van der Waals surface area contributed by atoms with Gasteiger partial charge in [-0.2, -0.15) is 0 Å². The van der Waals surface area contributed by atoms with Crippen molar-refractivity contribution in [1.82, 2.24) is 4.98 Å². The van der Waals surface area contributed by atoms with Crippen molar-refractivity contribution in [2.24, 2.45) is 0 Å². The lowest BCUT2D eigenvalue weighted by atomic mass is 10.1. The van der Waals surface area contributed by atoms with E-state index in [0.717, 1.165) is 5.56 Å². The molecule has 0 radical (unpaired) electrons. The van der Waals surface area contributed by atoms with Crippen molar-refractivity contribution in [3.63, 3.8) is 0 Å². The molecule has 4 rings (SSSR count). The lowest BCUT2D eigenvalue weighted by molar-refractivity contribution is 0.414. The highest BCUT2D eigenvalue weighted by Crippen LogP contribution is 2.32. The van der Waals surface area contributed by atoms with Crippen LogP contribution in [0.1, 0.15) is 18.5 Å². The van der Waals surface area contributed by atoms with Crippen molar-refractivity contribution >= 4 is 17.1 Å². The lowest BCUT2D eigenvalue weighted by Crippen LogP contribution is -2.37. The van der Waals surface area contributed by atoms with Crippen LogP contribution in [-0.2, 0) is 0 Å². The van der Waals surface area contributed by atoms with Crippen molar-refractivity contribution in [3.05, 3.63) is 92.9 Å². The van der Waals surface area contributed by atoms with Gasteiger partial charge in [0, 0.05) is 23.5 Å². The fourth-order valence-electron chi connectivity index (χ4n) is 3.34. The third kappa shape index (κ3) is 3.98. The zero-order chi connectivity index (χ0) is 22.0. The normalized spacial score (nSPS) is 11.8. The van der Waals surface area contributed by atoms with Gasteiger partial charge in [0.2, 0.25) is 0 Å². The molecule has 7 nitrogen and oxygen atoms in total. The first-order valence-corrected chi connectivity index (χ1v) is 9.73. The molecule has 31 heavy (non-hydrogen) atoms. The number of nitrogens with zero attached hydrogens (tertiary/aromatic N) is 1. The van der Waals surface area contributed by atoms with Crippen LogP contribution >= 0.6 is 0 Å². The summed E-state index contributed by atoms with van der Waals surface area (Å²) in [6, 6.07) is 17.5. The van der Waals surface area contributed by atoms with Crippen LogP contribution in [0.4, 0.5) is 17.1 Å². The van der Waals surface area contributed by atoms with Gasteiger partial charge in [-0.1, -0.05) is 18.2 Å². The number of ether oxygens (including phenoxy) is 1. The minimum absolute atomic E-state index is 0.0687. The summed E-state index contributed by atoms with van der Waals surface area (Å²) in [7, 11) is 1.59. The Hall–Kier alpha value is -4.13. The lowest BCUT2D eigenvalue weighted by Gasteiger charge is -2.20. The van der Waals surface area contributed by atoms with E-state index in [2.05, 4.69) is 15.6 Å². The molecule has 0 spiro atoms. The number of phenolic OH excluding ortho intramolecular Hbond substituents is 1. The van der Waals surface area contributed by atoms with Gasteiger partial charge in [-0.05, 0) is 55.0 Å². The molecule has 0 unspecified atom stereocenters. The number of pyridine rings is 1. The molecule has 0 fully saturated rings. The van der Waals surface area contributed by atoms with E-state index in [9.17, 15) is 14.7 Å². The van der Waals surface area contributed by atoms with E-state index in [1.165, 1.54) is 6.07 Å². The second-order valence-electron chi connectivity index (χ2n) is 7.12. The molecule has 3 aromatic carbocycles. The summed E-state index contributed by atoms with van der Waals surface area (Å²) in [5.41, 5.74) is 1.85. The molecule has 0 saturated heterocycles. The van der Waals surface area contributed by atoms with E-state index in [-0.39, 0.29) is 23.2 Å². The number of nitrogens with one attached hydrogen (secondary N) is 2. The maximum Gasteiger partial charge on any atom is 0.253 e. The molecule has 0 aliphatic rings. The number of hydrogen-bond acceptors (Lipinski definition) is 7. The summed E-state index contributed by atoms with van der Waals surface area (Å²) in [4.78, 5) is 28.7. The van der Waals surface area contributed by atoms with Gasteiger partial charge in [-0.15, -0.1) is 0 Å². The molecule has 0 aliphatic carbocycles. The van der Waals surface area contributed by atoms with Gasteiger partial charge >= 0.3 is 0 Å². The second-order valence-corrected chi connectivity index (χ2v) is 7.12. The number of aromatic nitrogens is 1. The second kappa shape index (κ2) is 8.31. The first kappa shape index (κ1) is 20.2. The molecule has 0 bridgehead atoms. The van der Waals surface area contributed by atoms with Gasteiger partial charge in [0.15, 0.2) is 0 Å². The average Bonchev–Trinajstić information content (AvgIpc) is 2.82. The number of aromatic hydroxyl groups is 1. The van der Waals surface area contributed by atoms with Gasteiger partial charge in [0.25, 0.3) is 10.9 Å². The predicted octanol–water partition coefficient (Wildman–Crippen LogP) is 3.98. The average molecular weight is 415 g/mol. The summed E-state index contributed by atoms with van der Waals surface area (Å²) in [6.07, 6.45) is 1.63. The van der Waals surface area contributed by atoms with Crippen molar-refractivity contribution in [2.45, 2.75) is 13.0 Å². The van der Waals surface area contributed by atoms with Crippen molar-refractivity contribution in [3.8, 4) is 22.8 Å². The van der Waals surface area contributed by atoms with Crippen LogP contribution in [0.3, 0.4) is 0 Å². The number of hydrogen-bond donors (Lipinski definition) is 3. The number of methoxy groups -OCH3 is 1. The summed E-state index contributed by atoms with van der Waals surface area (Å²) >= 11 is 0. The molecule has 3 N–H and O–H groups in total. The summed E-state index contributed by atoms with van der Waals surface area (Å²) in [5.74, 6) is 0.778. The first-order chi connectivity index (χ1) is 15.0. The third-order valence-electron chi connectivity index (χ3n) is 5.07. The molecule has 0 aliphatic heterocycles. The highest BCUT2D eigenvalue weighted by molar-refractivity contribution is 5.81. The SMILES string of the molecule is COc1cccc([C@@H](C)Nc2c(Nc3ccc(O)c(-c4ccccn4)c3)c(=O)c2=O)c1. The third-order valence-corrected chi connectivity index (χ3v) is 5.07. The number of phenols is 1. The molecular weight excluding hydrogens is 394 g/mol. The fourth-order valence-corrected chi connectivity index (χ4v) is 3.34. The van der Waals surface area contributed by atoms with Gasteiger partial charge in [0.05, 0.1) is 12.8 Å². The van der Waals surface area contributed by atoms with Crippen LogP contribution in [0.25, 0.3) is 11.3 Å². The zero-order valence-electron chi connectivity index (χ0n) is 17.0. The molecular formula is C24H21N3O4. The van der Waals surface area contributed by atoms with Crippen LogP contribution in [0.2, 0.25) is 0 Å². The monoisotopic (exact) mass is 415 g/mol. The Kier molecular flexibility index (Phi) is 5.41. The minimum Gasteiger partial charge on any atom is -0.507 e. The summed E-state index contributed by atoms with van der Waals surface area (Å²) in [5, 5.41) is 16.3. The van der Waals surface area contributed by atoms with E-state index >= 15 is 0 Å². The smallest absolute Gasteiger partial charge is 0.253 e. The molecule has 156 valence electrons. The minimum atomic E-state index is -0.590. The molecule has 1 aromatic heterocycles. The topological polar surface area (TPSA) is 101 Å². The Morgan fingerprint density at radius 3 is 2.52 bits per heavy atom. The number of benzene rings is 2. The fraction of sp³-hybridized carbons (Fsp3) is 0.125. The Morgan fingerprint density at radius 1 is 0.968 bits per heavy atom. The molecule has 1 heterocycles. The zero-order valence-corrected chi connectivity index (χ0v) is 17.0. The number of anilines is 3. The largest absolute Gasteiger partial charge is 0.507 e. The maximum absolute atomic E-state index is 12.2. The van der Waals surface area contributed by atoms with E-state index < -0.39 is 10.9 Å². The van der Waals surface area contributed by atoms with E-state index in [0.29, 0.717) is 22.7 Å². The van der Waals surface area contributed by atoms with Gasteiger partial charge in [-0.3, -0.25) is 14.6 Å². The van der Waals surface area contributed by atoms with E-state index in [1.54, 1.807) is 37.6 Å². The van der Waals surface area contributed by atoms with E-state index in [1.807, 2.05) is 37.3 Å². The Bertz CT molecular complexity index is 1290. The van der Waals surface area contributed by atoms with Crippen LogP contribution in [-0.4, -0.2) is 17.2 Å². The van der Waals surface area contributed by atoms with Gasteiger partial charge in [0.1, 0.15) is 22.9 Å². The standard InChI is InChI=1S/C24H21N3O4/c1-14(15-6-5-7-17(12-15)31-2)26-21-22(24(30)23(21)29)27-16-9-10-20(28)18(13-16)19-8-3-4-11-25-19/h3-14,26-28H,1-2H3/t14-/m1/s1. The van der Waals surface area contributed by atoms with Crippen LogP contribution < -0.4 is 26.2 Å². The molecule has 0 amide bonds. The van der Waals surface area contributed by atoms with Crippen LogP contribution in [0.15, 0.2) is 76.4 Å². The number of rotatable bonds is 7. The predicted molar refractivity (Wildman–Crippen MR) is 121 cm³/mol. The van der Waals surface area contributed by atoms with Crippen molar-refractivity contribution < 1.29 is 9.84 Å². The van der Waals surface area contributed by atoms with Crippen molar-refractivity contribution in [1.29, 1.82) is 0 Å². The Balaban J connectivity index is 1.59. The molecule has 7 heteroatoms. The first-order valence-electron chi connectivity index (χ1n) is 9.73. The van der Waals surface area contributed by atoms with Crippen LogP contribution in [0, 0.1) is 0 Å². The Labute approximate surface area is 178 Å². The van der Waals surface area contributed by atoms with Gasteiger partial charge < -0.3 is 20.5 Å². The highest BCUT2D eigenvalue weighted by atomic mass is 16.5. The molecule has 0 saturated carbocycles. The Morgan fingerprint density at radius 2 is 1.77 bits per heavy atom. The quantitative estimate of drug-likeness (QED) is 0.310. The molecule has 1 atom stereocenters. The van der Waals surface area contributed by atoms with Crippen LogP contribution in [0.5, 0.6) is 11.5 Å².